The molecule has 1 aromatic rings. The van der Waals surface area contributed by atoms with Crippen molar-refractivity contribution >= 4 is 16.1 Å². The van der Waals surface area contributed by atoms with Crippen LogP contribution in [0.5, 0.6) is 11.5 Å². The third kappa shape index (κ3) is 4.18. The first-order chi connectivity index (χ1) is 12.8. The molecule has 0 radical (unpaired) electrons. The van der Waals surface area contributed by atoms with Crippen LogP contribution >= 0.6 is 0 Å². The summed E-state index contributed by atoms with van der Waals surface area (Å²) >= 11 is 0. The minimum atomic E-state index is -3.50. The lowest BCUT2D eigenvalue weighted by molar-refractivity contribution is 0.0689. The zero-order valence-corrected chi connectivity index (χ0v) is 16.5. The number of benzene rings is 1. The summed E-state index contributed by atoms with van der Waals surface area (Å²) in [5, 5.41) is 10.1. The van der Waals surface area contributed by atoms with Crippen LogP contribution in [0, 0.1) is 0 Å². The highest BCUT2D eigenvalue weighted by molar-refractivity contribution is 7.86. The Labute approximate surface area is 159 Å². The maximum absolute atomic E-state index is 12.8. The average Bonchev–Trinajstić information content (AvgIpc) is 2.67. The van der Waals surface area contributed by atoms with Gasteiger partial charge in [0.05, 0.1) is 12.7 Å². The number of nitrogens with zero attached hydrogens (tertiary/aromatic N) is 4. The molecule has 2 heterocycles. The SMILES string of the molecule is COc1ccc(C(=O)N2CCN(S(=O)(=O)N3CCN(C)CC3)CC2)c(O)c1. The van der Waals surface area contributed by atoms with E-state index < -0.39 is 10.2 Å². The second kappa shape index (κ2) is 8.01. The second-order valence-corrected chi connectivity index (χ2v) is 8.71. The van der Waals surface area contributed by atoms with E-state index in [2.05, 4.69) is 4.90 Å². The first-order valence-corrected chi connectivity index (χ1v) is 10.3. The fraction of sp³-hybridized carbons (Fsp3) is 0.588. The topological polar surface area (TPSA) is 93.6 Å². The number of amides is 1. The lowest BCUT2D eigenvalue weighted by atomic mass is 10.1. The van der Waals surface area contributed by atoms with Gasteiger partial charge in [0.1, 0.15) is 11.5 Å². The van der Waals surface area contributed by atoms with Crippen LogP contribution < -0.4 is 4.74 Å². The van der Waals surface area contributed by atoms with Crippen molar-refractivity contribution in [2.45, 2.75) is 0 Å². The summed E-state index contributed by atoms with van der Waals surface area (Å²) in [7, 11) is -0.0458. The number of hydrogen-bond donors (Lipinski definition) is 1. The number of ether oxygens (including phenoxy) is 1. The van der Waals surface area contributed by atoms with E-state index in [9.17, 15) is 18.3 Å². The van der Waals surface area contributed by atoms with Crippen molar-refractivity contribution in [2.75, 3.05) is 66.5 Å². The lowest BCUT2D eigenvalue weighted by Gasteiger charge is -2.39. The van der Waals surface area contributed by atoms with Crippen LogP contribution in [-0.2, 0) is 10.2 Å². The fourth-order valence-corrected chi connectivity index (χ4v) is 4.87. The summed E-state index contributed by atoms with van der Waals surface area (Å²) in [6.45, 7) is 3.47. The van der Waals surface area contributed by atoms with Crippen LogP contribution in [0.4, 0.5) is 0 Å². The lowest BCUT2D eigenvalue weighted by Crippen LogP contribution is -2.57. The number of phenols is 1. The third-order valence-electron chi connectivity index (χ3n) is 5.08. The van der Waals surface area contributed by atoms with Crippen LogP contribution in [-0.4, -0.2) is 104 Å². The normalized spacial score (nSPS) is 20.6. The molecule has 3 rings (SSSR count). The second-order valence-electron chi connectivity index (χ2n) is 6.78. The van der Waals surface area contributed by atoms with E-state index in [-0.39, 0.29) is 43.4 Å². The van der Waals surface area contributed by atoms with Gasteiger partial charge >= 0.3 is 0 Å². The number of phenolic OH excluding ortho intramolecular Hbond substituents is 1. The van der Waals surface area contributed by atoms with Crippen LogP contribution in [0.2, 0.25) is 0 Å². The Kier molecular flexibility index (Phi) is 5.89. The molecule has 0 unspecified atom stereocenters. The number of aromatic hydroxyl groups is 1. The molecule has 2 aliphatic rings. The van der Waals surface area contributed by atoms with Crippen molar-refractivity contribution in [3.8, 4) is 11.5 Å². The Bertz CT molecular complexity index is 785. The molecule has 2 aliphatic heterocycles. The third-order valence-corrected chi connectivity index (χ3v) is 7.11. The molecule has 0 saturated carbocycles. The van der Waals surface area contributed by atoms with Gasteiger partial charge in [-0.3, -0.25) is 4.79 Å². The van der Waals surface area contributed by atoms with Crippen molar-refractivity contribution in [3.05, 3.63) is 23.8 Å². The van der Waals surface area contributed by atoms with Crippen LogP contribution in [0.15, 0.2) is 18.2 Å². The summed E-state index contributed by atoms with van der Waals surface area (Å²) in [5.41, 5.74) is 0.186. The quantitative estimate of drug-likeness (QED) is 0.745. The number of methoxy groups -OCH3 is 1. The Morgan fingerprint density at radius 3 is 2.07 bits per heavy atom. The zero-order chi connectivity index (χ0) is 19.6. The molecular formula is C17H26N4O5S. The van der Waals surface area contributed by atoms with E-state index in [1.54, 1.807) is 11.0 Å². The molecule has 27 heavy (non-hydrogen) atoms. The van der Waals surface area contributed by atoms with Crippen molar-refractivity contribution in [1.82, 2.24) is 18.4 Å². The monoisotopic (exact) mass is 398 g/mol. The van der Waals surface area contributed by atoms with Crippen LogP contribution in [0.25, 0.3) is 0 Å². The van der Waals surface area contributed by atoms with Gasteiger partial charge in [-0.05, 0) is 19.2 Å². The number of rotatable bonds is 4. The predicted molar refractivity (Wildman–Crippen MR) is 100 cm³/mol. The molecule has 0 aromatic heterocycles. The van der Waals surface area contributed by atoms with Gasteiger partial charge in [0, 0.05) is 58.4 Å². The Morgan fingerprint density at radius 1 is 1.00 bits per heavy atom. The maximum Gasteiger partial charge on any atom is 0.282 e. The van der Waals surface area contributed by atoms with E-state index in [1.807, 2.05) is 7.05 Å². The Balaban J connectivity index is 1.62. The minimum absolute atomic E-state index is 0.146. The molecule has 0 aliphatic carbocycles. The molecule has 1 amide bonds. The number of piperazine rings is 2. The summed E-state index contributed by atoms with van der Waals surface area (Å²) < 4.78 is 33.6. The molecule has 2 saturated heterocycles. The van der Waals surface area contributed by atoms with E-state index in [0.717, 1.165) is 0 Å². The van der Waals surface area contributed by atoms with Crippen molar-refractivity contribution in [2.24, 2.45) is 0 Å². The van der Waals surface area contributed by atoms with Gasteiger partial charge in [-0.1, -0.05) is 0 Å². The van der Waals surface area contributed by atoms with Crippen molar-refractivity contribution in [1.29, 1.82) is 0 Å². The summed E-state index contributed by atoms with van der Waals surface area (Å²) in [4.78, 5) is 16.3. The molecule has 9 nitrogen and oxygen atoms in total. The van der Waals surface area contributed by atoms with E-state index in [1.165, 1.54) is 27.9 Å². The molecular weight excluding hydrogens is 372 g/mol. The largest absolute Gasteiger partial charge is 0.507 e. The predicted octanol–water partition coefficient (Wildman–Crippen LogP) is -0.349. The molecule has 1 aromatic carbocycles. The first kappa shape index (κ1) is 19.9. The van der Waals surface area contributed by atoms with Crippen molar-refractivity contribution < 1.29 is 23.1 Å². The summed E-state index contributed by atoms with van der Waals surface area (Å²) in [5.74, 6) is 0.00535. The molecule has 0 spiro atoms. The fourth-order valence-electron chi connectivity index (χ4n) is 3.29. The first-order valence-electron chi connectivity index (χ1n) is 8.93. The van der Waals surface area contributed by atoms with Gasteiger partial charge in [0.2, 0.25) is 0 Å². The standard InChI is InChI=1S/C17H26N4O5S/c1-18-5-9-20(10-6-18)27(24,25)21-11-7-19(8-12-21)17(23)15-4-3-14(26-2)13-16(15)22/h3-4,13,22H,5-12H2,1-2H3. The molecule has 10 heteroatoms. The number of carbonyl (C=O) groups is 1. The van der Waals surface area contributed by atoms with Crippen molar-refractivity contribution in [3.63, 3.8) is 0 Å². The van der Waals surface area contributed by atoms with E-state index in [0.29, 0.717) is 31.9 Å². The molecule has 0 atom stereocenters. The van der Waals surface area contributed by atoms with Gasteiger partial charge in [-0.2, -0.15) is 17.0 Å². The van der Waals surface area contributed by atoms with Gasteiger partial charge in [0.15, 0.2) is 0 Å². The number of likely N-dealkylation sites (N-methyl/N-ethyl adjacent to an activating group) is 1. The summed E-state index contributed by atoms with van der Waals surface area (Å²) in [6.07, 6.45) is 0. The van der Waals surface area contributed by atoms with Gasteiger partial charge in [0.25, 0.3) is 16.1 Å². The smallest absolute Gasteiger partial charge is 0.282 e. The highest BCUT2D eigenvalue weighted by Gasteiger charge is 2.35. The number of carbonyl (C=O) groups excluding carboxylic acids is 1. The molecule has 0 bridgehead atoms. The summed E-state index contributed by atoms with van der Waals surface area (Å²) in [6, 6.07) is 4.52. The van der Waals surface area contributed by atoms with Crippen LogP contribution in [0.3, 0.4) is 0 Å². The molecule has 2 fully saturated rings. The highest BCUT2D eigenvalue weighted by atomic mass is 32.2. The average molecular weight is 398 g/mol. The van der Waals surface area contributed by atoms with Gasteiger partial charge in [-0.25, -0.2) is 0 Å². The molecule has 150 valence electrons. The molecule has 1 N–H and O–H groups in total. The number of hydrogen-bond acceptors (Lipinski definition) is 6. The van der Waals surface area contributed by atoms with E-state index in [4.69, 9.17) is 4.74 Å². The maximum atomic E-state index is 12.8. The van der Waals surface area contributed by atoms with E-state index >= 15 is 0 Å². The Hall–Kier alpha value is -1.88. The minimum Gasteiger partial charge on any atom is -0.507 e. The van der Waals surface area contributed by atoms with Crippen LogP contribution in [0.1, 0.15) is 10.4 Å². The zero-order valence-electron chi connectivity index (χ0n) is 15.7. The van der Waals surface area contributed by atoms with Gasteiger partial charge < -0.3 is 19.6 Å². The highest BCUT2D eigenvalue weighted by Crippen LogP contribution is 2.25. The van der Waals surface area contributed by atoms with Gasteiger partial charge in [-0.15, -0.1) is 0 Å². The Morgan fingerprint density at radius 2 is 1.56 bits per heavy atom.